The molecule has 0 fully saturated rings. The molecule has 0 aliphatic heterocycles. The Morgan fingerprint density at radius 1 is 1.22 bits per heavy atom. The Labute approximate surface area is 185 Å². The van der Waals surface area contributed by atoms with E-state index in [1.165, 1.54) is 17.3 Å². The normalized spacial score (nSPS) is 10.8. The predicted octanol–water partition coefficient (Wildman–Crippen LogP) is 3.23. The highest BCUT2D eigenvalue weighted by molar-refractivity contribution is 6.07. The molecule has 3 aromatic heterocycles. The van der Waals surface area contributed by atoms with Crippen molar-refractivity contribution < 1.29 is 9.53 Å². The molecule has 32 heavy (non-hydrogen) atoms. The van der Waals surface area contributed by atoms with Crippen LogP contribution in [0.2, 0.25) is 0 Å². The third-order valence-corrected chi connectivity index (χ3v) is 4.90. The largest absolute Gasteiger partial charge is 0.478 e. The Bertz CT molecular complexity index is 1270. The third kappa shape index (κ3) is 4.29. The number of aryl methyl sites for hydroxylation is 1. The van der Waals surface area contributed by atoms with Crippen molar-refractivity contribution in [1.82, 2.24) is 24.7 Å². The van der Waals surface area contributed by atoms with Crippen molar-refractivity contribution in [2.75, 3.05) is 29.6 Å². The number of nitrogens with zero attached hydrogens (tertiary/aromatic N) is 6. The molecule has 10 heteroatoms. The first-order valence-corrected chi connectivity index (χ1v) is 10.1. The first kappa shape index (κ1) is 21.0. The van der Waals surface area contributed by atoms with E-state index in [9.17, 15) is 4.79 Å². The van der Waals surface area contributed by atoms with Gasteiger partial charge in [0.2, 0.25) is 5.88 Å². The van der Waals surface area contributed by atoms with Crippen LogP contribution in [-0.4, -0.2) is 44.4 Å². The van der Waals surface area contributed by atoms with Crippen molar-refractivity contribution >= 4 is 34.3 Å². The second kappa shape index (κ2) is 8.88. The molecule has 0 saturated heterocycles. The summed E-state index contributed by atoms with van der Waals surface area (Å²) < 4.78 is 7.36. The number of pyridine rings is 1. The fraction of sp³-hybridized carbons (Fsp3) is 0.227. The topological polar surface area (TPSA) is 124 Å². The van der Waals surface area contributed by atoms with E-state index in [1.807, 2.05) is 54.9 Å². The number of nitrogens with one attached hydrogen (secondary N) is 1. The van der Waals surface area contributed by atoms with Crippen LogP contribution in [0, 0.1) is 6.92 Å². The Morgan fingerprint density at radius 3 is 2.81 bits per heavy atom. The van der Waals surface area contributed by atoms with Gasteiger partial charge in [0.05, 0.1) is 35.7 Å². The lowest BCUT2D eigenvalue weighted by atomic mass is 10.1. The molecular formula is C22H24N8O2. The number of hydrogen-bond donors (Lipinski definition) is 2. The summed E-state index contributed by atoms with van der Waals surface area (Å²) in [5, 5.41) is 8.48. The minimum atomic E-state index is -0.353. The lowest BCUT2D eigenvalue weighted by Crippen LogP contribution is -2.32. The van der Waals surface area contributed by atoms with E-state index in [1.54, 1.807) is 7.05 Å². The molecule has 10 nitrogen and oxygen atoms in total. The Kier molecular flexibility index (Phi) is 5.84. The predicted molar refractivity (Wildman–Crippen MR) is 123 cm³/mol. The molecule has 0 atom stereocenters. The quantitative estimate of drug-likeness (QED) is 0.479. The highest BCUT2D eigenvalue weighted by Crippen LogP contribution is 2.28. The zero-order valence-electron chi connectivity index (χ0n) is 18.1. The number of urea groups is 1. The summed E-state index contributed by atoms with van der Waals surface area (Å²) in [6.07, 6.45) is 1.32. The molecule has 0 saturated carbocycles. The molecule has 0 unspecified atom stereocenters. The van der Waals surface area contributed by atoms with Crippen molar-refractivity contribution in [2.45, 2.75) is 20.4 Å². The molecule has 0 aliphatic rings. The van der Waals surface area contributed by atoms with Gasteiger partial charge in [-0.2, -0.15) is 5.10 Å². The lowest BCUT2D eigenvalue weighted by molar-refractivity contribution is 0.258. The summed E-state index contributed by atoms with van der Waals surface area (Å²) in [6, 6.07) is 12.5. The molecular weight excluding hydrogens is 408 g/mol. The van der Waals surface area contributed by atoms with Crippen LogP contribution >= 0.6 is 0 Å². The van der Waals surface area contributed by atoms with E-state index < -0.39 is 0 Å². The molecule has 0 aliphatic carbocycles. The zero-order chi connectivity index (χ0) is 22.7. The van der Waals surface area contributed by atoms with E-state index in [2.05, 4.69) is 25.4 Å². The van der Waals surface area contributed by atoms with Crippen LogP contribution in [-0.2, 0) is 6.54 Å². The maximum absolute atomic E-state index is 12.8. The van der Waals surface area contributed by atoms with Crippen LogP contribution in [0.15, 0.2) is 48.8 Å². The molecule has 0 bridgehead atoms. The molecule has 4 rings (SSSR count). The Hall–Kier alpha value is -4.21. The van der Waals surface area contributed by atoms with Gasteiger partial charge in [-0.25, -0.2) is 19.7 Å². The summed E-state index contributed by atoms with van der Waals surface area (Å²) in [5.74, 6) is 1.27. The van der Waals surface area contributed by atoms with Gasteiger partial charge in [0, 0.05) is 24.6 Å². The van der Waals surface area contributed by atoms with E-state index in [0.29, 0.717) is 30.5 Å². The maximum Gasteiger partial charge on any atom is 0.327 e. The SMILES string of the molecule is CCOc1cccc(Cn2nc(C)c3c(NC(=O)N(C)c4cc(N)ncn4)cccc32)n1. The average molecular weight is 432 g/mol. The van der Waals surface area contributed by atoms with Crippen molar-refractivity contribution in [3.63, 3.8) is 0 Å². The van der Waals surface area contributed by atoms with Gasteiger partial charge in [-0.3, -0.25) is 9.58 Å². The molecule has 4 aromatic rings. The summed E-state index contributed by atoms with van der Waals surface area (Å²) in [4.78, 5) is 26.7. The number of rotatable bonds is 6. The lowest BCUT2D eigenvalue weighted by Gasteiger charge is -2.17. The van der Waals surface area contributed by atoms with Crippen molar-refractivity contribution in [3.05, 3.63) is 60.2 Å². The van der Waals surface area contributed by atoms with Gasteiger partial charge < -0.3 is 15.8 Å². The number of amides is 2. The standard InChI is InChI=1S/C22H24N8O2/c1-4-32-20-10-5-7-15(26-20)12-30-17-9-6-8-16(21(17)14(2)28-30)27-22(31)29(3)19-11-18(23)24-13-25-19/h5-11,13H,4,12H2,1-3H3,(H,27,31)(H2,23,24,25). The fourth-order valence-electron chi connectivity index (χ4n) is 3.42. The van der Waals surface area contributed by atoms with Gasteiger partial charge in [0.25, 0.3) is 0 Å². The van der Waals surface area contributed by atoms with E-state index >= 15 is 0 Å². The monoisotopic (exact) mass is 432 g/mol. The van der Waals surface area contributed by atoms with Gasteiger partial charge in [-0.15, -0.1) is 0 Å². The fourth-order valence-corrected chi connectivity index (χ4v) is 3.42. The minimum Gasteiger partial charge on any atom is -0.478 e. The summed E-state index contributed by atoms with van der Waals surface area (Å²) in [6.45, 7) is 4.86. The van der Waals surface area contributed by atoms with Crippen LogP contribution in [0.5, 0.6) is 5.88 Å². The number of anilines is 3. The number of fused-ring (bicyclic) bond motifs is 1. The Morgan fingerprint density at radius 2 is 2.03 bits per heavy atom. The second-order valence-corrected chi connectivity index (χ2v) is 7.13. The minimum absolute atomic E-state index is 0.288. The highest BCUT2D eigenvalue weighted by Gasteiger charge is 2.17. The smallest absolute Gasteiger partial charge is 0.327 e. The van der Waals surface area contributed by atoms with E-state index in [4.69, 9.17) is 10.5 Å². The molecule has 164 valence electrons. The molecule has 0 spiro atoms. The molecule has 2 amide bonds. The molecule has 3 N–H and O–H groups in total. The molecule has 3 heterocycles. The number of aromatic nitrogens is 5. The third-order valence-electron chi connectivity index (χ3n) is 4.90. The van der Waals surface area contributed by atoms with Gasteiger partial charge in [0.1, 0.15) is 18.0 Å². The number of ether oxygens (including phenoxy) is 1. The van der Waals surface area contributed by atoms with Crippen molar-refractivity contribution in [1.29, 1.82) is 0 Å². The first-order chi connectivity index (χ1) is 15.5. The summed E-state index contributed by atoms with van der Waals surface area (Å²) >= 11 is 0. The van der Waals surface area contributed by atoms with Crippen LogP contribution in [0.4, 0.5) is 22.1 Å². The first-order valence-electron chi connectivity index (χ1n) is 10.1. The summed E-state index contributed by atoms with van der Waals surface area (Å²) in [5.41, 5.74) is 8.87. The number of carbonyl (C=O) groups is 1. The van der Waals surface area contributed by atoms with Gasteiger partial charge >= 0.3 is 6.03 Å². The van der Waals surface area contributed by atoms with Gasteiger partial charge in [0.15, 0.2) is 0 Å². The average Bonchev–Trinajstić information content (AvgIpc) is 3.10. The molecule has 1 aromatic carbocycles. The maximum atomic E-state index is 12.8. The van der Waals surface area contributed by atoms with Gasteiger partial charge in [-0.05, 0) is 32.0 Å². The zero-order valence-corrected chi connectivity index (χ0v) is 18.1. The van der Waals surface area contributed by atoms with Crippen LogP contribution in [0.1, 0.15) is 18.3 Å². The van der Waals surface area contributed by atoms with Crippen molar-refractivity contribution in [3.8, 4) is 5.88 Å². The number of nitrogen functional groups attached to an aromatic ring is 1. The van der Waals surface area contributed by atoms with E-state index in [-0.39, 0.29) is 11.8 Å². The number of benzene rings is 1. The number of nitrogens with two attached hydrogens (primary N) is 1. The van der Waals surface area contributed by atoms with E-state index in [0.717, 1.165) is 22.3 Å². The van der Waals surface area contributed by atoms with Crippen LogP contribution < -0.4 is 20.7 Å². The second-order valence-electron chi connectivity index (χ2n) is 7.13. The summed E-state index contributed by atoms with van der Waals surface area (Å²) in [7, 11) is 1.62. The Balaban J connectivity index is 1.61. The van der Waals surface area contributed by atoms with Crippen molar-refractivity contribution in [2.24, 2.45) is 0 Å². The highest BCUT2D eigenvalue weighted by atomic mass is 16.5. The van der Waals surface area contributed by atoms with Crippen LogP contribution in [0.3, 0.4) is 0 Å². The van der Waals surface area contributed by atoms with Crippen LogP contribution in [0.25, 0.3) is 10.9 Å². The van der Waals surface area contributed by atoms with Gasteiger partial charge in [-0.1, -0.05) is 12.1 Å². The molecule has 0 radical (unpaired) electrons. The number of hydrogen-bond acceptors (Lipinski definition) is 7. The number of carbonyl (C=O) groups excluding carboxylic acids is 1.